The van der Waals surface area contributed by atoms with Crippen LogP contribution in [-0.2, 0) is 6.54 Å². The van der Waals surface area contributed by atoms with E-state index in [2.05, 4.69) is 10.1 Å². The summed E-state index contributed by atoms with van der Waals surface area (Å²) in [7, 11) is 0. The molecule has 2 aromatic rings. The van der Waals surface area contributed by atoms with Crippen LogP contribution in [-0.4, -0.2) is 12.5 Å². The minimum absolute atomic E-state index is 0.0813. The van der Waals surface area contributed by atoms with Crippen LogP contribution >= 0.6 is 11.6 Å². The topological polar surface area (TPSA) is 38.3 Å². The van der Waals surface area contributed by atoms with E-state index in [-0.39, 0.29) is 18.2 Å². The molecule has 3 nitrogen and oxygen atoms in total. The third-order valence-corrected chi connectivity index (χ3v) is 2.96. The third kappa shape index (κ3) is 4.72. The number of carbonyl (C=O) groups excluding carboxylic acids is 1. The Labute approximate surface area is 125 Å². The van der Waals surface area contributed by atoms with Gasteiger partial charge in [0.25, 0.3) is 5.91 Å². The van der Waals surface area contributed by atoms with Gasteiger partial charge in [0.15, 0.2) is 0 Å². The summed E-state index contributed by atoms with van der Waals surface area (Å²) >= 11 is 5.74. The highest BCUT2D eigenvalue weighted by Gasteiger charge is 2.06. The van der Waals surface area contributed by atoms with Gasteiger partial charge in [-0.15, -0.1) is 0 Å². The fourth-order valence-corrected chi connectivity index (χ4v) is 1.80. The number of benzene rings is 2. The molecule has 0 saturated heterocycles. The summed E-state index contributed by atoms with van der Waals surface area (Å²) in [6, 6.07) is 12.6. The van der Waals surface area contributed by atoms with Gasteiger partial charge in [-0.2, -0.15) is 8.78 Å². The van der Waals surface area contributed by atoms with E-state index in [1.54, 1.807) is 36.4 Å². The van der Waals surface area contributed by atoms with E-state index in [1.807, 2.05) is 0 Å². The van der Waals surface area contributed by atoms with Gasteiger partial charge < -0.3 is 10.1 Å². The Morgan fingerprint density at radius 2 is 1.71 bits per heavy atom. The molecule has 0 heterocycles. The van der Waals surface area contributed by atoms with Crippen LogP contribution < -0.4 is 10.1 Å². The minimum Gasteiger partial charge on any atom is -0.435 e. The van der Waals surface area contributed by atoms with Crippen molar-refractivity contribution in [2.24, 2.45) is 0 Å². The Morgan fingerprint density at radius 3 is 2.29 bits per heavy atom. The number of amides is 1. The van der Waals surface area contributed by atoms with E-state index in [9.17, 15) is 13.6 Å². The highest BCUT2D eigenvalue weighted by Crippen LogP contribution is 2.15. The molecule has 2 aromatic carbocycles. The molecule has 0 bridgehead atoms. The van der Waals surface area contributed by atoms with Crippen molar-refractivity contribution in [2.75, 3.05) is 0 Å². The zero-order valence-electron chi connectivity index (χ0n) is 10.9. The Balaban J connectivity index is 1.90. The zero-order valence-corrected chi connectivity index (χ0v) is 11.6. The molecule has 0 saturated carbocycles. The molecule has 1 amide bonds. The van der Waals surface area contributed by atoms with Crippen LogP contribution in [0, 0.1) is 0 Å². The van der Waals surface area contributed by atoms with E-state index in [0.29, 0.717) is 10.6 Å². The van der Waals surface area contributed by atoms with Gasteiger partial charge in [-0.05, 0) is 42.0 Å². The monoisotopic (exact) mass is 311 g/mol. The summed E-state index contributed by atoms with van der Waals surface area (Å²) in [6.07, 6.45) is 0. The van der Waals surface area contributed by atoms with Crippen LogP contribution in [0.25, 0.3) is 0 Å². The van der Waals surface area contributed by atoms with Crippen LogP contribution in [0.4, 0.5) is 8.78 Å². The van der Waals surface area contributed by atoms with Crippen LogP contribution in [0.15, 0.2) is 48.5 Å². The quantitative estimate of drug-likeness (QED) is 0.910. The normalized spacial score (nSPS) is 10.5. The highest BCUT2D eigenvalue weighted by molar-refractivity contribution is 6.30. The van der Waals surface area contributed by atoms with E-state index in [0.717, 1.165) is 5.56 Å². The van der Waals surface area contributed by atoms with Crippen molar-refractivity contribution in [2.45, 2.75) is 13.2 Å². The molecular weight excluding hydrogens is 300 g/mol. The van der Waals surface area contributed by atoms with E-state index < -0.39 is 6.61 Å². The lowest BCUT2D eigenvalue weighted by Crippen LogP contribution is -2.22. The van der Waals surface area contributed by atoms with Gasteiger partial charge in [-0.3, -0.25) is 4.79 Å². The predicted molar refractivity (Wildman–Crippen MR) is 75.7 cm³/mol. The fourth-order valence-electron chi connectivity index (χ4n) is 1.67. The molecular formula is C15H12ClF2NO2. The number of halogens is 3. The second kappa shape index (κ2) is 7.04. The lowest BCUT2D eigenvalue weighted by molar-refractivity contribution is -0.0498. The van der Waals surface area contributed by atoms with Crippen LogP contribution in [0.2, 0.25) is 5.02 Å². The SMILES string of the molecule is O=C(NCc1ccc(OC(F)F)cc1)c1ccc(Cl)cc1. The molecule has 0 spiro atoms. The summed E-state index contributed by atoms with van der Waals surface area (Å²) in [5.74, 6) is -0.155. The first kappa shape index (κ1) is 15.3. The second-order valence-electron chi connectivity index (χ2n) is 4.21. The van der Waals surface area contributed by atoms with Crippen LogP contribution in [0.1, 0.15) is 15.9 Å². The Bertz CT molecular complexity index is 600. The van der Waals surface area contributed by atoms with Gasteiger partial charge in [0.1, 0.15) is 5.75 Å². The summed E-state index contributed by atoms with van der Waals surface area (Å²) in [5, 5.41) is 3.28. The van der Waals surface area contributed by atoms with E-state index in [4.69, 9.17) is 11.6 Å². The second-order valence-corrected chi connectivity index (χ2v) is 4.65. The van der Waals surface area contributed by atoms with Crippen molar-refractivity contribution in [1.29, 1.82) is 0 Å². The van der Waals surface area contributed by atoms with Gasteiger partial charge in [0, 0.05) is 17.1 Å². The Morgan fingerprint density at radius 1 is 1.10 bits per heavy atom. The maximum Gasteiger partial charge on any atom is 0.387 e. The lowest BCUT2D eigenvalue weighted by atomic mass is 10.2. The zero-order chi connectivity index (χ0) is 15.2. The maximum atomic E-state index is 12.0. The molecule has 21 heavy (non-hydrogen) atoms. The van der Waals surface area contributed by atoms with Crippen LogP contribution in [0.3, 0.4) is 0 Å². The minimum atomic E-state index is -2.85. The van der Waals surface area contributed by atoms with Gasteiger partial charge in [0.05, 0.1) is 0 Å². The molecule has 1 N–H and O–H groups in total. The first-order chi connectivity index (χ1) is 10.0. The first-order valence-corrected chi connectivity index (χ1v) is 6.50. The van der Waals surface area contributed by atoms with Crippen molar-refractivity contribution < 1.29 is 18.3 Å². The molecule has 110 valence electrons. The molecule has 0 atom stereocenters. The predicted octanol–water partition coefficient (Wildman–Crippen LogP) is 3.87. The third-order valence-electron chi connectivity index (χ3n) is 2.71. The largest absolute Gasteiger partial charge is 0.435 e. The summed E-state index contributed by atoms with van der Waals surface area (Å²) < 4.78 is 28.2. The number of nitrogens with one attached hydrogen (secondary N) is 1. The van der Waals surface area contributed by atoms with Crippen molar-refractivity contribution in [3.8, 4) is 5.75 Å². The number of carbonyl (C=O) groups is 1. The molecule has 0 unspecified atom stereocenters. The fraction of sp³-hybridized carbons (Fsp3) is 0.133. The maximum absolute atomic E-state index is 12.0. The molecule has 0 aromatic heterocycles. The number of rotatable bonds is 5. The summed E-state index contributed by atoms with van der Waals surface area (Å²) in [6.45, 7) is -2.56. The van der Waals surface area contributed by atoms with Gasteiger partial charge in [-0.1, -0.05) is 23.7 Å². The van der Waals surface area contributed by atoms with Gasteiger partial charge >= 0.3 is 6.61 Å². The van der Waals surface area contributed by atoms with E-state index in [1.165, 1.54) is 12.1 Å². The summed E-state index contributed by atoms with van der Waals surface area (Å²) in [5.41, 5.74) is 1.27. The summed E-state index contributed by atoms with van der Waals surface area (Å²) in [4.78, 5) is 11.9. The Kier molecular flexibility index (Phi) is 5.11. The molecule has 2 rings (SSSR count). The van der Waals surface area contributed by atoms with Gasteiger partial charge in [-0.25, -0.2) is 0 Å². The smallest absolute Gasteiger partial charge is 0.387 e. The van der Waals surface area contributed by atoms with Crippen molar-refractivity contribution in [3.05, 3.63) is 64.7 Å². The number of alkyl halides is 2. The van der Waals surface area contributed by atoms with Crippen LogP contribution in [0.5, 0.6) is 5.75 Å². The molecule has 0 radical (unpaired) electrons. The average Bonchev–Trinajstić information content (AvgIpc) is 2.46. The standard InChI is InChI=1S/C15H12ClF2NO2/c16-12-5-3-11(4-6-12)14(20)19-9-10-1-7-13(8-2-10)21-15(17)18/h1-8,15H,9H2,(H,19,20). The molecule has 0 aliphatic carbocycles. The van der Waals surface area contributed by atoms with Crippen molar-refractivity contribution >= 4 is 17.5 Å². The molecule has 6 heteroatoms. The molecule has 0 aliphatic rings. The van der Waals surface area contributed by atoms with Crippen molar-refractivity contribution in [1.82, 2.24) is 5.32 Å². The number of ether oxygens (including phenoxy) is 1. The van der Waals surface area contributed by atoms with Crippen molar-refractivity contribution in [3.63, 3.8) is 0 Å². The number of hydrogen-bond acceptors (Lipinski definition) is 2. The van der Waals surface area contributed by atoms with E-state index >= 15 is 0 Å². The Hall–Kier alpha value is -2.14. The number of hydrogen-bond donors (Lipinski definition) is 1. The first-order valence-electron chi connectivity index (χ1n) is 6.12. The highest BCUT2D eigenvalue weighted by atomic mass is 35.5. The lowest BCUT2D eigenvalue weighted by Gasteiger charge is -2.07. The molecule has 0 aliphatic heterocycles. The average molecular weight is 312 g/mol. The van der Waals surface area contributed by atoms with Gasteiger partial charge in [0.2, 0.25) is 0 Å². The molecule has 0 fully saturated rings.